The molecule has 3 saturated carbocycles. The molecule has 0 radical (unpaired) electrons. The zero-order chi connectivity index (χ0) is 21.9. The highest BCUT2D eigenvalue weighted by atomic mass is 16.3. The molecule has 0 aromatic carbocycles. The van der Waals surface area contributed by atoms with Crippen molar-refractivity contribution >= 4 is 0 Å². The number of hydrogen-bond acceptors (Lipinski definition) is 3. The van der Waals surface area contributed by atoms with E-state index in [-0.39, 0.29) is 22.9 Å². The fourth-order valence-electron chi connectivity index (χ4n) is 8.58. The topological polar surface area (TPSA) is 60.7 Å². The molecule has 3 fully saturated rings. The Kier molecular flexibility index (Phi) is 5.77. The lowest BCUT2D eigenvalue weighted by atomic mass is 9.46. The first-order valence-electron chi connectivity index (χ1n) is 12.7. The summed E-state index contributed by atoms with van der Waals surface area (Å²) >= 11 is 0. The number of hydrogen-bond donors (Lipinski definition) is 3. The predicted octanol–water partition coefficient (Wildman–Crippen LogP) is 5.62. The molecule has 0 saturated heterocycles. The van der Waals surface area contributed by atoms with Crippen molar-refractivity contribution in [2.75, 3.05) is 0 Å². The van der Waals surface area contributed by atoms with Gasteiger partial charge in [-0.25, -0.2) is 0 Å². The Morgan fingerprint density at radius 3 is 2.50 bits per heavy atom. The van der Waals surface area contributed by atoms with Crippen molar-refractivity contribution in [1.29, 1.82) is 0 Å². The van der Waals surface area contributed by atoms with Crippen LogP contribution in [0.4, 0.5) is 0 Å². The van der Waals surface area contributed by atoms with Crippen molar-refractivity contribution in [3.8, 4) is 0 Å². The SMILES string of the molecule is C[C@H](CCCC(C)(C)O)[C@@]1(O)CC[C@H]2[C@@H]3CC=C4C[C@@H](O)CC[C@]4(C)[C@H]3CC[C@@]21C. The first kappa shape index (κ1) is 22.8. The maximum absolute atomic E-state index is 12.1. The van der Waals surface area contributed by atoms with Gasteiger partial charge in [0.25, 0.3) is 0 Å². The van der Waals surface area contributed by atoms with E-state index in [2.05, 4.69) is 26.8 Å². The number of allylic oxidation sites excluding steroid dienone is 1. The third-order valence-corrected chi connectivity index (χ3v) is 10.5. The molecule has 8 atom stereocenters. The second-order valence-corrected chi connectivity index (χ2v) is 12.7. The molecular weight excluding hydrogens is 372 g/mol. The van der Waals surface area contributed by atoms with Crippen LogP contribution in [0.1, 0.15) is 105 Å². The van der Waals surface area contributed by atoms with Gasteiger partial charge in [-0.3, -0.25) is 0 Å². The smallest absolute Gasteiger partial charge is 0.0729 e. The molecule has 3 nitrogen and oxygen atoms in total. The Morgan fingerprint density at radius 2 is 1.80 bits per heavy atom. The molecule has 3 N–H and O–H groups in total. The maximum atomic E-state index is 12.1. The van der Waals surface area contributed by atoms with Gasteiger partial charge in [-0.2, -0.15) is 0 Å². The Balaban J connectivity index is 1.52. The monoisotopic (exact) mass is 418 g/mol. The number of rotatable bonds is 5. The van der Waals surface area contributed by atoms with Crippen molar-refractivity contribution in [1.82, 2.24) is 0 Å². The highest BCUT2D eigenvalue weighted by Gasteiger charge is 2.64. The molecule has 4 rings (SSSR count). The first-order chi connectivity index (χ1) is 13.9. The average Bonchev–Trinajstić information content (AvgIpc) is 2.93. The van der Waals surface area contributed by atoms with Gasteiger partial charge in [0.2, 0.25) is 0 Å². The molecule has 3 heteroatoms. The van der Waals surface area contributed by atoms with E-state index in [1.165, 1.54) is 12.0 Å². The van der Waals surface area contributed by atoms with Gasteiger partial charge in [0.05, 0.1) is 17.3 Å². The fourth-order valence-corrected chi connectivity index (χ4v) is 8.58. The zero-order valence-electron chi connectivity index (χ0n) is 20.1. The lowest BCUT2D eigenvalue weighted by molar-refractivity contribution is -0.150. The van der Waals surface area contributed by atoms with E-state index in [1.54, 1.807) is 0 Å². The summed E-state index contributed by atoms with van der Waals surface area (Å²) < 4.78 is 0. The minimum Gasteiger partial charge on any atom is -0.393 e. The molecule has 0 aromatic rings. The number of aliphatic hydroxyl groups is 3. The van der Waals surface area contributed by atoms with E-state index in [1.807, 2.05) is 13.8 Å². The van der Waals surface area contributed by atoms with E-state index >= 15 is 0 Å². The molecule has 0 spiro atoms. The minimum atomic E-state index is -0.613. The maximum Gasteiger partial charge on any atom is 0.0729 e. The largest absolute Gasteiger partial charge is 0.393 e. The van der Waals surface area contributed by atoms with Gasteiger partial charge in [0.1, 0.15) is 0 Å². The molecular formula is C27H46O3. The van der Waals surface area contributed by atoms with Crippen LogP contribution in [0.25, 0.3) is 0 Å². The summed E-state index contributed by atoms with van der Waals surface area (Å²) in [5.41, 5.74) is 0.619. The Morgan fingerprint density at radius 1 is 1.10 bits per heavy atom. The summed E-state index contributed by atoms with van der Waals surface area (Å²) in [6.45, 7) is 10.9. The summed E-state index contributed by atoms with van der Waals surface area (Å²) in [5, 5.41) is 32.3. The van der Waals surface area contributed by atoms with Crippen LogP contribution in [0.15, 0.2) is 11.6 Å². The quantitative estimate of drug-likeness (QED) is 0.508. The van der Waals surface area contributed by atoms with Crippen LogP contribution in [0, 0.1) is 34.5 Å². The van der Waals surface area contributed by atoms with Gasteiger partial charge in [0, 0.05) is 0 Å². The molecule has 0 amide bonds. The van der Waals surface area contributed by atoms with E-state index in [9.17, 15) is 15.3 Å². The predicted molar refractivity (Wildman–Crippen MR) is 122 cm³/mol. The standard InChI is InChI=1S/C27H46O3/c1-18(7-6-13-24(2,3)29)27(30)16-12-23-21-9-8-19-17-20(28)10-14-25(19,4)22(21)11-15-26(23,27)5/h8,18,20-23,28-30H,6-7,9-17H2,1-5H3/t18-,20+,21-,22+,23+,25+,26+,27+/m1/s1. The molecule has 0 aromatic heterocycles. The molecule has 172 valence electrons. The third-order valence-electron chi connectivity index (χ3n) is 10.5. The van der Waals surface area contributed by atoms with E-state index in [0.29, 0.717) is 11.8 Å². The molecule has 4 aliphatic rings. The third kappa shape index (κ3) is 3.52. The Labute approximate surface area is 184 Å². The lowest BCUT2D eigenvalue weighted by Gasteiger charge is -2.59. The first-order valence-corrected chi connectivity index (χ1v) is 12.7. The molecule has 0 bridgehead atoms. The van der Waals surface area contributed by atoms with Crippen molar-refractivity contribution < 1.29 is 15.3 Å². The van der Waals surface area contributed by atoms with Gasteiger partial charge in [-0.1, -0.05) is 38.8 Å². The summed E-state index contributed by atoms with van der Waals surface area (Å²) in [7, 11) is 0. The van der Waals surface area contributed by atoms with Crippen molar-refractivity contribution in [3.05, 3.63) is 11.6 Å². The summed E-state index contributed by atoms with van der Waals surface area (Å²) in [5.74, 6) is 2.29. The Bertz CT molecular complexity index is 678. The van der Waals surface area contributed by atoms with Crippen LogP contribution in [0.5, 0.6) is 0 Å². The van der Waals surface area contributed by atoms with Crippen molar-refractivity contribution in [2.45, 2.75) is 123 Å². The van der Waals surface area contributed by atoms with Crippen LogP contribution < -0.4 is 0 Å². The van der Waals surface area contributed by atoms with Crippen LogP contribution in [0.2, 0.25) is 0 Å². The van der Waals surface area contributed by atoms with Crippen LogP contribution >= 0.6 is 0 Å². The normalized spacial score (nSPS) is 47.1. The molecule has 4 aliphatic carbocycles. The van der Waals surface area contributed by atoms with E-state index < -0.39 is 11.2 Å². The molecule has 0 aliphatic heterocycles. The fraction of sp³-hybridized carbons (Fsp3) is 0.926. The second kappa shape index (κ2) is 7.59. The lowest BCUT2D eigenvalue weighted by Crippen LogP contribution is -2.56. The van der Waals surface area contributed by atoms with E-state index in [4.69, 9.17) is 0 Å². The highest BCUT2D eigenvalue weighted by molar-refractivity contribution is 5.26. The molecule has 0 heterocycles. The van der Waals surface area contributed by atoms with E-state index in [0.717, 1.165) is 70.1 Å². The van der Waals surface area contributed by atoms with Crippen LogP contribution in [-0.4, -0.2) is 32.6 Å². The number of fused-ring (bicyclic) bond motifs is 5. The van der Waals surface area contributed by atoms with Gasteiger partial charge in [-0.15, -0.1) is 0 Å². The summed E-state index contributed by atoms with van der Waals surface area (Å²) in [6.07, 6.45) is 13.7. The number of aliphatic hydroxyl groups excluding tert-OH is 1. The second-order valence-electron chi connectivity index (χ2n) is 12.7. The van der Waals surface area contributed by atoms with Crippen LogP contribution in [0.3, 0.4) is 0 Å². The molecule has 30 heavy (non-hydrogen) atoms. The Hall–Kier alpha value is -0.380. The van der Waals surface area contributed by atoms with Gasteiger partial charge in [-0.05, 0) is 113 Å². The molecule has 0 unspecified atom stereocenters. The van der Waals surface area contributed by atoms with Crippen molar-refractivity contribution in [2.24, 2.45) is 34.5 Å². The van der Waals surface area contributed by atoms with Gasteiger partial charge >= 0.3 is 0 Å². The minimum absolute atomic E-state index is 0.0121. The van der Waals surface area contributed by atoms with Gasteiger partial charge in [0.15, 0.2) is 0 Å². The summed E-state index contributed by atoms with van der Waals surface area (Å²) in [6, 6.07) is 0. The van der Waals surface area contributed by atoms with Gasteiger partial charge < -0.3 is 15.3 Å². The highest BCUT2D eigenvalue weighted by Crippen LogP contribution is 2.68. The zero-order valence-corrected chi connectivity index (χ0v) is 20.1. The average molecular weight is 419 g/mol. The van der Waals surface area contributed by atoms with Crippen LogP contribution in [-0.2, 0) is 0 Å². The van der Waals surface area contributed by atoms with Crippen molar-refractivity contribution in [3.63, 3.8) is 0 Å². The summed E-state index contributed by atoms with van der Waals surface area (Å²) in [4.78, 5) is 0.